The van der Waals surface area contributed by atoms with Crippen LogP contribution in [0.1, 0.15) is 84.0 Å². The third-order valence-electron chi connectivity index (χ3n) is 7.11. The highest BCUT2D eigenvalue weighted by Crippen LogP contribution is 2.48. The van der Waals surface area contributed by atoms with Crippen LogP contribution in [0.15, 0.2) is 0 Å². The van der Waals surface area contributed by atoms with Crippen LogP contribution in [0, 0.1) is 29.6 Å². The second kappa shape index (κ2) is 7.84. The summed E-state index contributed by atoms with van der Waals surface area (Å²) in [4.78, 5) is 10.5. The molecule has 0 aromatic heterocycles. The van der Waals surface area contributed by atoms with Gasteiger partial charge in [-0.05, 0) is 81.0 Å². The molecule has 2 nitrogen and oxygen atoms in total. The van der Waals surface area contributed by atoms with Crippen LogP contribution in [0.25, 0.3) is 0 Å². The van der Waals surface area contributed by atoms with Gasteiger partial charge in [0.15, 0.2) is 0 Å². The van der Waals surface area contributed by atoms with Gasteiger partial charge in [0.2, 0.25) is 0 Å². The second-order valence-corrected chi connectivity index (χ2v) is 8.33. The zero-order valence-electron chi connectivity index (χ0n) is 14.3. The SMILES string of the molecule is CCCC1CCC(C2CCC3CC(OC=O)CCC3C2)CC1. The van der Waals surface area contributed by atoms with Gasteiger partial charge in [0.25, 0.3) is 6.47 Å². The molecule has 3 aliphatic carbocycles. The maximum absolute atomic E-state index is 10.5. The highest BCUT2D eigenvalue weighted by molar-refractivity contribution is 5.37. The summed E-state index contributed by atoms with van der Waals surface area (Å²) < 4.78 is 5.23. The molecule has 3 fully saturated rings. The Labute approximate surface area is 136 Å². The molecule has 0 amide bonds. The van der Waals surface area contributed by atoms with Crippen molar-refractivity contribution in [3.05, 3.63) is 0 Å². The first-order valence-corrected chi connectivity index (χ1v) is 9.89. The molecule has 3 aliphatic rings. The molecule has 0 aromatic rings. The predicted molar refractivity (Wildman–Crippen MR) is 89.5 cm³/mol. The molecule has 0 N–H and O–H groups in total. The van der Waals surface area contributed by atoms with E-state index in [1.807, 2.05) is 0 Å². The molecule has 2 heteroatoms. The maximum atomic E-state index is 10.5. The van der Waals surface area contributed by atoms with Gasteiger partial charge in [0.05, 0.1) is 0 Å². The predicted octanol–water partition coefficient (Wildman–Crippen LogP) is 5.35. The Balaban J connectivity index is 1.46. The van der Waals surface area contributed by atoms with E-state index < -0.39 is 0 Å². The topological polar surface area (TPSA) is 26.3 Å². The van der Waals surface area contributed by atoms with E-state index in [0.29, 0.717) is 6.47 Å². The fourth-order valence-electron chi connectivity index (χ4n) is 5.87. The highest BCUT2D eigenvalue weighted by atomic mass is 16.5. The number of fused-ring (bicyclic) bond motifs is 1. The van der Waals surface area contributed by atoms with Gasteiger partial charge in [-0.15, -0.1) is 0 Å². The Morgan fingerprint density at radius 1 is 0.818 bits per heavy atom. The van der Waals surface area contributed by atoms with E-state index in [0.717, 1.165) is 42.4 Å². The molecule has 0 radical (unpaired) electrons. The molecule has 0 aliphatic heterocycles. The van der Waals surface area contributed by atoms with Gasteiger partial charge in [-0.2, -0.15) is 0 Å². The van der Waals surface area contributed by atoms with Gasteiger partial charge in [0.1, 0.15) is 6.10 Å². The van der Waals surface area contributed by atoms with E-state index in [2.05, 4.69) is 6.92 Å². The van der Waals surface area contributed by atoms with Crippen LogP contribution in [-0.4, -0.2) is 12.6 Å². The summed E-state index contributed by atoms with van der Waals surface area (Å²) in [6.45, 7) is 2.99. The molecule has 126 valence electrons. The smallest absolute Gasteiger partial charge is 0.293 e. The van der Waals surface area contributed by atoms with Crippen molar-refractivity contribution in [1.82, 2.24) is 0 Å². The van der Waals surface area contributed by atoms with E-state index in [1.54, 1.807) is 0 Å². The molecule has 0 aromatic carbocycles. The molecular weight excluding hydrogens is 272 g/mol. The number of hydrogen-bond donors (Lipinski definition) is 0. The fourth-order valence-corrected chi connectivity index (χ4v) is 5.87. The molecule has 4 atom stereocenters. The second-order valence-electron chi connectivity index (χ2n) is 8.33. The van der Waals surface area contributed by atoms with Crippen molar-refractivity contribution >= 4 is 6.47 Å². The molecule has 3 rings (SSSR count). The summed E-state index contributed by atoms with van der Waals surface area (Å²) in [5, 5.41) is 0. The third kappa shape index (κ3) is 3.86. The first kappa shape index (κ1) is 16.3. The summed E-state index contributed by atoms with van der Waals surface area (Å²) in [5.74, 6) is 4.84. The number of ether oxygens (including phenoxy) is 1. The van der Waals surface area contributed by atoms with Crippen molar-refractivity contribution in [2.75, 3.05) is 0 Å². The van der Waals surface area contributed by atoms with Crippen molar-refractivity contribution in [3.63, 3.8) is 0 Å². The van der Waals surface area contributed by atoms with Gasteiger partial charge in [-0.1, -0.05) is 32.6 Å². The zero-order valence-corrected chi connectivity index (χ0v) is 14.3. The molecular formula is C20H34O2. The normalized spacial score (nSPS) is 42.4. The quantitative estimate of drug-likeness (QED) is 0.640. The van der Waals surface area contributed by atoms with Crippen molar-refractivity contribution < 1.29 is 9.53 Å². The number of rotatable bonds is 5. The zero-order chi connectivity index (χ0) is 15.4. The summed E-state index contributed by atoms with van der Waals surface area (Å²) >= 11 is 0. The van der Waals surface area contributed by atoms with Gasteiger partial charge in [0, 0.05) is 0 Å². The monoisotopic (exact) mass is 306 g/mol. The van der Waals surface area contributed by atoms with Crippen LogP contribution < -0.4 is 0 Å². The first-order valence-electron chi connectivity index (χ1n) is 9.89. The highest BCUT2D eigenvalue weighted by Gasteiger charge is 2.39. The van der Waals surface area contributed by atoms with E-state index in [9.17, 15) is 4.79 Å². The lowest BCUT2D eigenvalue weighted by Gasteiger charge is -2.45. The van der Waals surface area contributed by atoms with Crippen LogP contribution in [-0.2, 0) is 9.53 Å². The van der Waals surface area contributed by atoms with Crippen molar-refractivity contribution in [2.45, 2.75) is 90.1 Å². The van der Waals surface area contributed by atoms with Gasteiger partial charge < -0.3 is 4.74 Å². The summed E-state index contributed by atoms with van der Waals surface area (Å²) in [6.07, 6.45) is 16.9. The Bertz CT molecular complexity index is 346. The van der Waals surface area contributed by atoms with Gasteiger partial charge >= 0.3 is 0 Å². The molecule has 0 bridgehead atoms. The summed E-state index contributed by atoms with van der Waals surface area (Å²) in [7, 11) is 0. The van der Waals surface area contributed by atoms with Crippen molar-refractivity contribution in [1.29, 1.82) is 0 Å². The minimum Gasteiger partial charge on any atom is -0.465 e. The lowest BCUT2D eigenvalue weighted by molar-refractivity contribution is -0.137. The Hall–Kier alpha value is -0.530. The molecule has 3 saturated carbocycles. The lowest BCUT2D eigenvalue weighted by atomic mass is 9.62. The molecule has 22 heavy (non-hydrogen) atoms. The minimum atomic E-state index is 0.222. The van der Waals surface area contributed by atoms with Gasteiger partial charge in [-0.3, -0.25) is 4.79 Å². The van der Waals surface area contributed by atoms with Crippen LogP contribution in [0.4, 0.5) is 0 Å². The fraction of sp³-hybridized carbons (Fsp3) is 0.950. The third-order valence-corrected chi connectivity index (χ3v) is 7.11. The Morgan fingerprint density at radius 3 is 2.09 bits per heavy atom. The van der Waals surface area contributed by atoms with Gasteiger partial charge in [-0.25, -0.2) is 0 Å². The molecule has 0 spiro atoms. The standard InChI is InChI=1S/C20H34O2/c1-2-3-15-4-6-16(7-5-15)17-8-9-19-13-20(22-14-21)11-10-18(19)12-17/h14-20H,2-13H2,1H3. The average Bonchev–Trinajstić information content (AvgIpc) is 2.56. The van der Waals surface area contributed by atoms with E-state index in [1.165, 1.54) is 64.2 Å². The van der Waals surface area contributed by atoms with Crippen LogP contribution in [0.3, 0.4) is 0 Å². The largest absolute Gasteiger partial charge is 0.465 e. The number of carbonyl (C=O) groups is 1. The summed E-state index contributed by atoms with van der Waals surface area (Å²) in [6, 6.07) is 0. The summed E-state index contributed by atoms with van der Waals surface area (Å²) in [5.41, 5.74) is 0. The molecule has 4 unspecified atom stereocenters. The average molecular weight is 306 g/mol. The Morgan fingerprint density at radius 2 is 1.41 bits per heavy atom. The van der Waals surface area contributed by atoms with Crippen molar-refractivity contribution in [3.8, 4) is 0 Å². The van der Waals surface area contributed by atoms with Crippen LogP contribution in [0.5, 0.6) is 0 Å². The van der Waals surface area contributed by atoms with Crippen LogP contribution in [0.2, 0.25) is 0 Å². The van der Waals surface area contributed by atoms with Crippen molar-refractivity contribution in [2.24, 2.45) is 29.6 Å². The lowest BCUT2D eigenvalue weighted by Crippen LogP contribution is -2.36. The van der Waals surface area contributed by atoms with E-state index in [-0.39, 0.29) is 6.10 Å². The first-order chi connectivity index (χ1) is 10.8. The number of hydrogen-bond acceptors (Lipinski definition) is 2. The Kier molecular flexibility index (Phi) is 5.82. The molecule has 0 saturated heterocycles. The minimum absolute atomic E-state index is 0.222. The van der Waals surface area contributed by atoms with E-state index >= 15 is 0 Å². The maximum Gasteiger partial charge on any atom is 0.293 e. The van der Waals surface area contributed by atoms with E-state index in [4.69, 9.17) is 4.74 Å². The van der Waals surface area contributed by atoms with Crippen LogP contribution >= 0.6 is 0 Å². The number of carbonyl (C=O) groups excluding carboxylic acids is 1. The molecule has 0 heterocycles.